The number of carbonyl (C=O) groups is 1. The molecule has 0 aliphatic heterocycles. The van der Waals surface area contributed by atoms with Crippen molar-refractivity contribution in [1.82, 2.24) is 0 Å². The molecule has 0 saturated heterocycles. The summed E-state index contributed by atoms with van der Waals surface area (Å²) >= 11 is 5.75. The van der Waals surface area contributed by atoms with Crippen LogP contribution in [0.3, 0.4) is 0 Å². The smallest absolute Gasteiger partial charge is 0.224 e. The average molecular weight is 239 g/mol. The molecule has 1 aromatic rings. The number of benzene rings is 1. The summed E-state index contributed by atoms with van der Waals surface area (Å²) in [6.07, 6.45) is 0.672. The van der Waals surface area contributed by atoms with Crippen molar-refractivity contribution in [2.75, 3.05) is 11.9 Å². The van der Waals surface area contributed by atoms with Gasteiger partial charge >= 0.3 is 0 Å². The molecule has 0 fully saturated rings. The van der Waals surface area contributed by atoms with Gasteiger partial charge in [0.15, 0.2) is 0 Å². The second kappa shape index (κ2) is 6.11. The maximum atomic E-state index is 11.3. The van der Waals surface area contributed by atoms with Crippen LogP contribution in [0.5, 0.6) is 0 Å². The van der Waals surface area contributed by atoms with Gasteiger partial charge in [-0.25, -0.2) is 0 Å². The molecule has 0 aliphatic rings. The molecule has 1 aromatic carbocycles. The molecule has 0 aliphatic carbocycles. The van der Waals surface area contributed by atoms with E-state index in [4.69, 9.17) is 22.0 Å². The third kappa shape index (κ3) is 3.54. The quantitative estimate of drug-likeness (QED) is 0.842. The highest BCUT2D eigenvalue weighted by molar-refractivity contribution is 6.31. The Hall–Kier alpha value is -1.57. The van der Waals surface area contributed by atoms with Crippen molar-refractivity contribution in [1.29, 1.82) is 5.26 Å². The number of amides is 1. The van der Waals surface area contributed by atoms with Gasteiger partial charge in [-0.05, 0) is 24.6 Å². The number of nitriles is 1. The summed E-state index contributed by atoms with van der Waals surface area (Å²) in [6.45, 7) is -0.0164. The minimum Gasteiger partial charge on any atom is -0.396 e. The van der Waals surface area contributed by atoms with Crippen LogP contribution in [-0.4, -0.2) is 17.6 Å². The van der Waals surface area contributed by atoms with Crippen molar-refractivity contribution >= 4 is 23.2 Å². The van der Waals surface area contributed by atoms with Gasteiger partial charge in [-0.2, -0.15) is 5.26 Å². The fourth-order valence-electron chi connectivity index (χ4n) is 1.15. The van der Waals surface area contributed by atoms with Gasteiger partial charge in [0, 0.05) is 18.7 Å². The number of rotatable bonds is 4. The normalized spacial score (nSPS) is 9.56. The predicted octanol–water partition coefficient (Wildman–Crippen LogP) is 1.92. The predicted molar refractivity (Wildman–Crippen MR) is 61.1 cm³/mol. The summed E-state index contributed by atoms with van der Waals surface area (Å²) in [5, 5.41) is 20.3. The summed E-state index contributed by atoms with van der Waals surface area (Å²) in [5.41, 5.74) is 0.852. The second-order valence-corrected chi connectivity index (χ2v) is 3.59. The van der Waals surface area contributed by atoms with Crippen LogP contribution in [0.2, 0.25) is 5.02 Å². The summed E-state index contributed by atoms with van der Waals surface area (Å²) in [5.74, 6) is -0.194. The molecule has 5 heteroatoms. The number of aliphatic hydroxyl groups is 1. The molecular weight excluding hydrogens is 228 g/mol. The molecule has 1 rings (SSSR count). The van der Waals surface area contributed by atoms with Gasteiger partial charge in [0.05, 0.1) is 10.6 Å². The van der Waals surface area contributed by atoms with Crippen molar-refractivity contribution in [2.24, 2.45) is 0 Å². The zero-order valence-electron chi connectivity index (χ0n) is 8.53. The Morgan fingerprint density at radius 3 is 2.94 bits per heavy atom. The molecule has 0 heterocycles. The van der Waals surface area contributed by atoms with E-state index in [2.05, 4.69) is 5.32 Å². The van der Waals surface area contributed by atoms with E-state index in [0.29, 0.717) is 22.7 Å². The van der Waals surface area contributed by atoms with E-state index in [1.807, 2.05) is 6.07 Å². The molecule has 84 valence electrons. The van der Waals surface area contributed by atoms with Crippen LogP contribution in [0, 0.1) is 11.3 Å². The van der Waals surface area contributed by atoms with Gasteiger partial charge in [-0.15, -0.1) is 0 Å². The van der Waals surface area contributed by atoms with Crippen LogP contribution in [0.4, 0.5) is 5.69 Å². The first kappa shape index (κ1) is 12.5. The minimum absolute atomic E-state index is 0.0164. The SMILES string of the molecule is N#Cc1cc(NC(=O)CCCO)ccc1Cl. The van der Waals surface area contributed by atoms with Gasteiger partial charge < -0.3 is 10.4 Å². The van der Waals surface area contributed by atoms with E-state index >= 15 is 0 Å². The number of nitrogens with one attached hydrogen (secondary N) is 1. The largest absolute Gasteiger partial charge is 0.396 e. The Morgan fingerprint density at radius 2 is 2.31 bits per heavy atom. The number of hydrogen-bond donors (Lipinski definition) is 2. The zero-order valence-corrected chi connectivity index (χ0v) is 9.29. The Morgan fingerprint density at radius 1 is 1.56 bits per heavy atom. The number of nitrogens with zero attached hydrogens (tertiary/aromatic N) is 1. The molecule has 16 heavy (non-hydrogen) atoms. The molecule has 0 radical (unpaired) electrons. The highest BCUT2D eigenvalue weighted by atomic mass is 35.5. The van der Waals surface area contributed by atoms with Crippen LogP contribution in [0.25, 0.3) is 0 Å². The van der Waals surface area contributed by atoms with Crippen molar-refractivity contribution in [3.05, 3.63) is 28.8 Å². The summed E-state index contributed by atoms with van der Waals surface area (Å²) in [6, 6.07) is 6.62. The number of hydrogen-bond acceptors (Lipinski definition) is 3. The van der Waals surface area contributed by atoms with E-state index in [1.54, 1.807) is 12.1 Å². The monoisotopic (exact) mass is 238 g/mol. The van der Waals surface area contributed by atoms with Crippen molar-refractivity contribution < 1.29 is 9.90 Å². The first-order valence-corrected chi connectivity index (χ1v) is 5.15. The molecule has 0 atom stereocenters. The topological polar surface area (TPSA) is 73.1 Å². The first-order valence-electron chi connectivity index (χ1n) is 4.77. The average Bonchev–Trinajstić information content (AvgIpc) is 2.29. The number of aliphatic hydroxyl groups excluding tert-OH is 1. The third-order valence-electron chi connectivity index (χ3n) is 1.93. The van der Waals surface area contributed by atoms with Crippen LogP contribution >= 0.6 is 11.6 Å². The molecule has 0 aromatic heterocycles. The Labute approximate surface area is 98.5 Å². The van der Waals surface area contributed by atoms with Crippen molar-refractivity contribution in [2.45, 2.75) is 12.8 Å². The van der Waals surface area contributed by atoms with Gasteiger partial charge in [-0.3, -0.25) is 4.79 Å². The van der Waals surface area contributed by atoms with Crippen molar-refractivity contribution in [3.63, 3.8) is 0 Å². The van der Waals surface area contributed by atoms with Gasteiger partial charge in [0.25, 0.3) is 0 Å². The molecular formula is C11H11ClN2O2. The Bertz CT molecular complexity index is 426. The lowest BCUT2D eigenvalue weighted by molar-refractivity contribution is -0.116. The summed E-state index contributed by atoms with van der Waals surface area (Å²) in [4.78, 5) is 11.3. The highest BCUT2D eigenvalue weighted by Crippen LogP contribution is 2.19. The second-order valence-electron chi connectivity index (χ2n) is 3.18. The lowest BCUT2D eigenvalue weighted by Gasteiger charge is -2.05. The Kier molecular flexibility index (Phi) is 4.77. The van der Waals surface area contributed by atoms with E-state index in [9.17, 15) is 4.79 Å². The van der Waals surface area contributed by atoms with E-state index < -0.39 is 0 Å². The molecule has 0 unspecified atom stereocenters. The van der Waals surface area contributed by atoms with Crippen LogP contribution in [0.15, 0.2) is 18.2 Å². The molecule has 2 N–H and O–H groups in total. The van der Waals surface area contributed by atoms with Crippen molar-refractivity contribution in [3.8, 4) is 6.07 Å². The lowest BCUT2D eigenvalue weighted by atomic mass is 10.2. The standard InChI is InChI=1S/C11H11ClN2O2/c12-10-4-3-9(6-8(10)7-13)14-11(16)2-1-5-15/h3-4,6,15H,1-2,5H2,(H,14,16). The highest BCUT2D eigenvalue weighted by Gasteiger charge is 2.04. The van der Waals surface area contributed by atoms with Gasteiger partial charge in [-0.1, -0.05) is 11.6 Å². The molecule has 0 saturated carbocycles. The fourth-order valence-corrected chi connectivity index (χ4v) is 1.31. The number of halogens is 1. The summed E-state index contributed by atoms with van der Waals surface area (Å²) < 4.78 is 0. The number of carbonyl (C=O) groups excluding carboxylic acids is 1. The Balaban J connectivity index is 2.68. The number of anilines is 1. The van der Waals surface area contributed by atoms with E-state index in [-0.39, 0.29) is 18.9 Å². The zero-order chi connectivity index (χ0) is 12.0. The minimum atomic E-state index is -0.194. The fraction of sp³-hybridized carbons (Fsp3) is 0.273. The lowest BCUT2D eigenvalue weighted by Crippen LogP contribution is -2.11. The van der Waals surface area contributed by atoms with Crippen LogP contribution in [0.1, 0.15) is 18.4 Å². The molecule has 4 nitrogen and oxygen atoms in total. The van der Waals surface area contributed by atoms with E-state index in [0.717, 1.165) is 0 Å². The third-order valence-corrected chi connectivity index (χ3v) is 2.26. The van der Waals surface area contributed by atoms with Crippen LogP contribution < -0.4 is 5.32 Å². The van der Waals surface area contributed by atoms with Gasteiger partial charge in [0.2, 0.25) is 5.91 Å². The summed E-state index contributed by atoms with van der Waals surface area (Å²) in [7, 11) is 0. The molecule has 0 spiro atoms. The maximum absolute atomic E-state index is 11.3. The molecule has 1 amide bonds. The van der Waals surface area contributed by atoms with Crippen LogP contribution in [-0.2, 0) is 4.79 Å². The van der Waals surface area contributed by atoms with E-state index in [1.165, 1.54) is 6.07 Å². The first-order chi connectivity index (χ1) is 7.67. The maximum Gasteiger partial charge on any atom is 0.224 e. The van der Waals surface area contributed by atoms with Gasteiger partial charge in [0.1, 0.15) is 6.07 Å². The molecule has 0 bridgehead atoms.